The second-order valence-corrected chi connectivity index (χ2v) is 9.47. The number of allylic oxidation sites excluding steroid dienone is 1. The van der Waals surface area contributed by atoms with Gasteiger partial charge in [-0.1, -0.05) is 63.5 Å². The highest BCUT2D eigenvalue weighted by atomic mass is 16.5. The molecule has 0 unspecified atom stereocenters. The van der Waals surface area contributed by atoms with Crippen LogP contribution in [0.3, 0.4) is 0 Å². The highest BCUT2D eigenvalue weighted by Crippen LogP contribution is 2.24. The molecule has 0 aliphatic heterocycles. The van der Waals surface area contributed by atoms with Gasteiger partial charge in [0.15, 0.2) is 0 Å². The fraction of sp³-hybridized carbons (Fsp3) is 0.333. The first kappa shape index (κ1) is 28.7. The Balaban J connectivity index is 1.47. The molecule has 0 aliphatic carbocycles. The van der Waals surface area contributed by atoms with Crippen LogP contribution < -0.4 is 9.47 Å². The first-order valence-corrected chi connectivity index (χ1v) is 13.4. The predicted molar refractivity (Wildman–Crippen MR) is 152 cm³/mol. The van der Waals surface area contributed by atoms with Crippen molar-refractivity contribution in [1.29, 1.82) is 0 Å². The monoisotopic (exact) mass is 514 g/mol. The molecule has 0 fully saturated rings. The molecule has 3 rings (SSSR count). The van der Waals surface area contributed by atoms with Crippen molar-refractivity contribution in [1.82, 2.24) is 0 Å². The lowest BCUT2D eigenvalue weighted by Gasteiger charge is -2.10. The predicted octanol–water partition coefficient (Wildman–Crippen LogP) is 8.29. The Bertz CT molecular complexity index is 1150. The molecule has 5 nitrogen and oxygen atoms in total. The van der Waals surface area contributed by atoms with Crippen LogP contribution in [0.25, 0.3) is 11.1 Å². The van der Waals surface area contributed by atoms with Crippen LogP contribution >= 0.6 is 0 Å². The molecule has 0 amide bonds. The average Bonchev–Trinajstić information content (AvgIpc) is 2.96. The normalized spacial score (nSPS) is 11.4. The van der Waals surface area contributed by atoms with E-state index in [9.17, 15) is 9.59 Å². The van der Waals surface area contributed by atoms with Crippen molar-refractivity contribution in [3.05, 3.63) is 96.6 Å². The summed E-state index contributed by atoms with van der Waals surface area (Å²) in [4.78, 5) is 24.7. The van der Waals surface area contributed by atoms with Gasteiger partial charge in [0.25, 0.3) is 0 Å². The summed E-state index contributed by atoms with van der Waals surface area (Å²) in [6, 6.07) is 21.6. The van der Waals surface area contributed by atoms with Crippen molar-refractivity contribution in [3.63, 3.8) is 0 Å². The molecule has 200 valence electrons. The number of carbonyl (C=O) groups excluding carboxylic acids is 2. The second-order valence-electron chi connectivity index (χ2n) is 9.47. The molecule has 0 N–H and O–H groups in total. The van der Waals surface area contributed by atoms with E-state index in [4.69, 9.17) is 14.2 Å². The SMILES string of the molecule is C=CCCCCCCOc1ccc(-c2ccc(C(=O)Oc3ccc(C(=O)OC[C@@H](C)CC)cc3)cc2)cc1. The Morgan fingerprint density at radius 2 is 1.32 bits per heavy atom. The fourth-order valence-corrected chi connectivity index (χ4v) is 3.72. The minimum absolute atomic E-state index is 0.316. The van der Waals surface area contributed by atoms with E-state index in [0.29, 0.717) is 29.4 Å². The molecule has 5 heteroatoms. The van der Waals surface area contributed by atoms with Crippen molar-refractivity contribution in [2.45, 2.75) is 52.4 Å². The Morgan fingerprint density at radius 1 is 0.763 bits per heavy atom. The summed E-state index contributed by atoms with van der Waals surface area (Å²) in [6.07, 6.45) is 8.61. The van der Waals surface area contributed by atoms with E-state index in [1.54, 1.807) is 36.4 Å². The zero-order valence-electron chi connectivity index (χ0n) is 22.5. The largest absolute Gasteiger partial charge is 0.494 e. The van der Waals surface area contributed by atoms with Crippen molar-refractivity contribution < 1.29 is 23.8 Å². The quantitative estimate of drug-likeness (QED) is 0.0883. The molecule has 1 atom stereocenters. The summed E-state index contributed by atoms with van der Waals surface area (Å²) < 4.78 is 16.6. The van der Waals surface area contributed by atoms with Crippen molar-refractivity contribution in [3.8, 4) is 22.6 Å². The summed E-state index contributed by atoms with van der Waals surface area (Å²) in [5.74, 6) is 0.696. The van der Waals surface area contributed by atoms with Gasteiger partial charge in [-0.15, -0.1) is 6.58 Å². The van der Waals surface area contributed by atoms with Crippen molar-refractivity contribution >= 4 is 11.9 Å². The molecule has 0 saturated carbocycles. The molecular formula is C33H38O5. The zero-order valence-corrected chi connectivity index (χ0v) is 22.5. The zero-order chi connectivity index (χ0) is 27.2. The molecule has 0 aliphatic rings. The van der Waals surface area contributed by atoms with Gasteiger partial charge < -0.3 is 14.2 Å². The van der Waals surface area contributed by atoms with Crippen LogP contribution in [0.15, 0.2) is 85.5 Å². The van der Waals surface area contributed by atoms with Gasteiger partial charge in [-0.3, -0.25) is 0 Å². The van der Waals surface area contributed by atoms with Crippen LogP contribution in [0, 0.1) is 5.92 Å². The molecule has 0 heterocycles. The van der Waals surface area contributed by atoms with Crippen LogP contribution in [-0.2, 0) is 4.74 Å². The molecule has 0 aromatic heterocycles. The smallest absolute Gasteiger partial charge is 0.343 e. The van der Waals surface area contributed by atoms with Gasteiger partial charge in [0, 0.05) is 0 Å². The summed E-state index contributed by atoms with van der Waals surface area (Å²) in [5, 5.41) is 0. The Hall–Kier alpha value is -3.86. The van der Waals surface area contributed by atoms with Crippen LogP contribution in [0.4, 0.5) is 0 Å². The maximum atomic E-state index is 12.6. The van der Waals surface area contributed by atoms with E-state index in [1.165, 1.54) is 19.3 Å². The van der Waals surface area contributed by atoms with Crippen LogP contribution in [0.1, 0.15) is 73.1 Å². The summed E-state index contributed by atoms with van der Waals surface area (Å²) in [6.45, 7) is 8.94. The number of hydrogen-bond donors (Lipinski definition) is 0. The van der Waals surface area contributed by atoms with Crippen LogP contribution in [-0.4, -0.2) is 25.2 Å². The molecule has 3 aromatic rings. The molecular weight excluding hydrogens is 476 g/mol. The lowest BCUT2D eigenvalue weighted by Crippen LogP contribution is -2.12. The fourth-order valence-electron chi connectivity index (χ4n) is 3.72. The van der Waals surface area contributed by atoms with Crippen LogP contribution in [0.2, 0.25) is 0 Å². The Morgan fingerprint density at radius 3 is 1.95 bits per heavy atom. The second kappa shape index (κ2) is 15.4. The van der Waals surface area contributed by atoms with E-state index < -0.39 is 5.97 Å². The standard InChI is InChI=1S/C33H38O5/c1-4-6-7-8-9-10-23-36-30-19-15-27(16-20-30)26-11-13-29(14-12-26)33(35)38-31-21-17-28(18-22-31)32(34)37-24-25(3)5-2/h4,11-22,25H,1,5-10,23-24H2,2-3H3/t25-/m0/s1. The first-order chi connectivity index (χ1) is 18.5. The van der Waals surface area contributed by atoms with E-state index >= 15 is 0 Å². The molecule has 0 spiro atoms. The third-order valence-electron chi connectivity index (χ3n) is 6.38. The van der Waals surface area contributed by atoms with Gasteiger partial charge in [0.05, 0.1) is 24.3 Å². The number of carbonyl (C=O) groups is 2. The number of unbranched alkanes of at least 4 members (excludes halogenated alkanes) is 4. The molecule has 0 bridgehead atoms. The highest BCUT2D eigenvalue weighted by Gasteiger charge is 2.12. The molecule has 0 radical (unpaired) electrons. The first-order valence-electron chi connectivity index (χ1n) is 13.4. The summed E-state index contributed by atoms with van der Waals surface area (Å²) in [7, 11) is 0. The van der Waals surface area contributed by atoms with E-state index in [-0.39, 0.29) is 5.97 Å². The third kappa shape index (κ3) is 9.22. The number of benzene rings is 3. The highest BCUT2D eigenvalue weighted by molar-refractivity contribution is 5.92. The Kier molecular flexibility index (Phi) is 11.6. The van der Waals surface area contributed by atoms with Crippen molar-refractivity contribution in [2.75, 3.05) is 13.2 Å². The topological polar surface area (TPSA) is 61.8 Å². The van der Waals surface area contributed by atoms with Gasteiger partial charge in [-0.2, -0.15) is 0 Å². The lowest BCUT2D eigenvalue weighted by atomic mass is 10.0. The van der Waals surface area contributed by atoms with E-state index in [0.717, 1.165) is 42.7 Å². The van der Waals surface area contributed by atoms with Gasteiger partial charge in [-0.05, 0) is 84.8 Å². The number of rotatable bonds is 15. The maximum absolute atomic E-state index is 12.6. The van der Waals surface area contributed by atoms with Crippen LogP contribution in [0.5, 0.6) is 11.5 Å². The molecule has 3 aromatic carbocycles. The maximum Gasteiger partial charge on any atom is 0.343 e. The number of esters is 2. The molecule has 38 heavy (non-hydrogen) atoms. The third-order valence-corrected chi connectivity index (χ3v) is 6.38. The Labute approximate surface area is 226 Å². The average molecular weight is 515 g/mol. The number of ether oxygens (including phenoxy) is 3. The molecule has 0 saturated heterocycles. The van der Waals surface area contributed by atoms with Gasteiger partial charge in [0.2, 0.25) is 0 Å². The van der Waals surface area contributed by atoms with Crippen molar-refractivity contribution in [2.24, 2.45) is 5.92 Å². The van der Waals surface area contributed by atoms with Gasteiger partial charge in [0.1, 0.15) is 11.5 Å². The minimum atomic E-state index is -0.461. The summed E-state index contributed by atoms with van der Waals surface area (Å²) in [5.41, 5.74) is 2.90. The van der Waals surface area contributed by atoms with E-state index in [1.807, 2.05) is 49.4 Å². The number of hydrogen-bond acceptors (Lipinski definition) is 5. The lowest BCUT2D eigenvalue weighted by molar-refractivity contribution is 0.0447. The summed E-state index contributed by atoms with van der Waals surface area (Å²) >= 11 is 0. The minimum Gasteiger partial charge on any atom is -0.494 e. The van der Waals surface area contributed by atoms with Gasteiger partial charge >= 0.3 is 11.9 Å². The van der Waals surface area contributed by atoms with E-state index in [2.05, 4.69) is 13.5 Å². The van der Waals surface area contributed by atoms with Gasteiger partial charge in [-0.25, -0.2) is 9.59 Å².